The summed E-state index contributed by atoms with van der Waals surface area (Å²) in [7, 11) is 0. The number of nitrogens with zero attached hydrogens (tertiary/aromatic N) is 1. The number of benzene rings is 1. The maximum absolute atomic E-state index is 13.9. The first kappa shape index (κ1) is 20.7. The van der Waals surface area contributed by atoms with Gasteiger partial charge in [0.05, 0.1) is 0 Å². The summed E-state index contributed by atoms with van der Waals surface area (Å²) in [5.74, 6) is -1.28. The number of nitrogens with one attached hydrogen (secondary N) is 1. The Bertz CT molecular complexity index is 825. The average Bonchev–Trinajstić information content (AvgIpc) is 2.53. The standard InChI is InChI=1S/C19H20F4N2O2/c1-18(2,3)8-16(26)25-10-12-6-13(20)7-14(17(12)27)11-4-5-15(24-9-11)19(21,22)23/h4-7,9,27H,8,10H2,1-3H3,(H,25,26). The Labute approximate surface area is 154 Å². The lowest BCUT2D eigenvalue weighted by molar-refractivity contribution is -0.141. The van der Waals surface area contributed by atoms with Gasteiger partial charge in [-0.1, -0.05) is 26.8 Å². The van der Waals surface area contributed by atoms with Crippen molar-refractivity contribution in [3.05, 3.63) is 47.5 Å². The first-order valence-corrected chi connectivity index (χ1v) is 8.18. The van der Waals surface area contributed by atoms with Crippen molar-refractivity contribution >= 4 is 5.91 Å². The van der Waals surface area contributed by atoms with Gasteiger partial charge in [0.15, 0.2) is 0 Å². The molecular formula is C19H20F4N2O2. The molecule has 4 nitrogen and oxygen atoms in total. The molecule has 0 atom stereocenters. The van der Waals surface area contributed by atoms with Gasteiger partial charge >= 0.3 is 6.18 Å². The predicted molar refractivity (Wildman–Crippen MR) is 92.2 cm³/mol. The Morgan fingerprint density at radius 1 is 1.19 bits per heavy atom. The number of pyridine rings is 1. The van der Waals surface area contributed by atoms with Crippen LogP contribution in [0, 0.1) is 11.2 Å². The largest absolute Gasteiger partial charge is 0.507 e. The van der Waals surface area contributed by atoms with Gasteiger partial charge in [0.1, 0.15) is 17.3 Å². The minimum atomic E-state index is -4.59. The summed E-state index contributed by atoms with van der Waals surface area (Å²) in [4.78, 5) is 15.2. The normalized spacial score (nSPS) is 12.1. The third kappa shape index (κ3) is 5.67. The van der Waals surface area contributed by atoms with Crippen LogP contribution in [0.25, 0.3) is 11.1 Å². The van der Waals surface area contributed by atoms with Crippen LogP contribution in [0.1, 0.15) is 38.4 Å². The lowest BCUT2D eigenvalue weighted by Crippen LogP contribution is -2.27. The third-order valence-corrected chi connectivity index (χ3v) is 3.69. The SMILES string of the molecule is CC(C)(C)CC(=O)NCc1cc(F)cc(-c2ccc(C(F)(F)F)nc2)c1O. The Hall–Kier alpha value is -2.64. The molecule has 0 saturated carbocycles. The summed E-state index contributed by atoms with van der Waals surface area (Å²) in [6.07, 6.45) is -3.43. The summed E-state index contributed by atoms with van der Waals surface area (Å²) in [5.41, 5.74) is -1.08. The predicted octanol–water partition coefficient (Wildman–Crippen LogP) is 4.66. The highest BCUT2D eigenvalue weighted by atomic mass is 19.4. The molecular weight excluding hydrogens is 364 g/mol. The zero-order chi connectivity index (χ0) is 20.4. The molecule has 1 amide bonds. The molecule has 2 rings (SSSR count). The van der Waals surface area contributed by atoms with Gasteiger partial charge in [-0.2, -0.15) is 13.2 Å². The molecule has 1 heterocycles. The fourth-order valence-corrected chi connectivity index (χ4v) is 2.47. The molecule has 2 aromatic rings. The van der Waals surface area contributed by atoms with Gasteiger partial charge in [-0.05, 0) is 23.6 Å². The van der Waals surface area contributed by atoms with E-state index < -0.39 is 17.7 Å². The van der Waals surface area contributed by atoms with Gasteiger partial charge in [-0.25, -0.2) is 4.39 Å². The highest BCUT2D eigenvalue weighted by molar-refractivity contribution is 5.77. The summed E-state index contributed by atoms with van der Waals surface area (Å²) in [5, 5.41) is 13.0. The van der Waals surface area contributed by atoms with Crippen LogP contribution in [0.15, 0.2) is 30.5 Å². The van der Waals surface area contributed by atoms with Gasteiger partial charge in [0, 0.05) is 35.9 Å². The smallest absolute Gasteiger partial charge is 0.433 e. The molecule has 0 radical (unpaired) electrons. The van der Waals surface area contributed by atoms with Crippen LogP contribution in [-0.4, -0.2) is 16.0 Å². The fraction of sp³-hybridized carbons (Fsp3) is 0.368. The van der Waals surface area contributed by atoms with Gasteiger partial charge in [-0.3, -0.25) is 9.78 Å². The molecule has 0 saturated heterocycles. The topological polar surface area (TPSA) is 62.2 Å². The average molecular weight is 384 g/mol. The number of carbonyl (C=O) groups is 1. The van der Waals surface area contributed by atoms with E-state index in [1.54, 1.807) is 0 Å². The van der Waals surface area contributed by atoms with E-state index >= 15 is 0 Å². The number of phenols is 1. The van der Waals surface area contributed by atoms with Gasteiger partial charge in [0.2, 0.25) is 5.91 Å². The molecule has 0 bridgehead atoms. The Morgan fingerprint density at radius 3 is 2.37 bits per heavy atom. The van der Waals surface area contributed by atoms with Crippen LogP contribution < -0.4 is 5.32 Å². The molecule has 0 aliphatic heterocycles. The lowest BCUT2D eigenvalue weighted by atomic mass is 9.92. The number of halogens is 4. The summed E-state index contributed by atoms with van der Waals surface area (Å²) in [6, 6.07) is 3.92. The fourth-order valence-electron chi connectivity index (χ4n) is 2.47. The van der Waals surface area contributed by atoms with E-state index in [1.165, 1.54) is 0 Å². The van der Waals surface area contributed by atoms with Crippen LogP contribution in [0.2, 0.25) is 0 Å². The van der Waals surface area contributed by atoms with Crippen molar-refractivity contribution in [2.45, 2.75) is 39.9 Å². The van der Waals surface area contributed by atoms with E-state index in [-0.39, 0.29) is 46.7 Å². The quantitative estimate of drug-likeness (QED) is 0.754. The van der Waals surface area contributed by atoms with Crippen molar-refractivity contribution in [2.24, 2.45) is 5.41 Å². The van der Waals surface area contributed by atoms with Crippen molar-refractivity contribution in [1.29, 1.82) is 0 Å². The zero-order valence-corrected chi connectivity index (χ0v) is 15.1. The molecule has 2 N–H and O–H groups in total. The van der Waals surface area contributed by atoms with Gasteiger partial charge < -0.3 is 10.4 Å². The van der Waals surface area contributed by atoms with E-state index in [0.29, 0.717) is 0 Å². The van der Waals surface area contributed by atoms with Gasteiger partial charge in [0.25, 0.3) is 0 Å². The number of carbonyl (C=O) groups excluding carboxylic acids is 1. The van der Waals surface area contributed by atoms with E-state index in [4.69, 9.17) is 0 Å². The first-order chi connectivity index (χ1) is 12.4. The minimum Gasteiger partial charge on any atom is -0.507 e. The Balaban J connectivity index is 2.26. The highest BCUT2D eigenvalue weighted by Crippen LogP contribution is 2.35. The second-order valence-electron chi connectivity index (χ2n) is 7.41. The van der Waals surface area contributed by atoms with E-state index in [1.807, 2.05) is 20.8 Å². The number of amides is 1. The number of aromatic nitrogens is 1. The lowest BCUT2D eigenvalue weighted by Gasteiger charge is -2.18. The van der Waals surface area contributed by atoms with Crippen molar-refractivity contribution in [3.63, 3.8) is 0 Å². The van der Waals surface area contributed by atoms with Crippen LogP contribution in [-0.2, 0) is 17.5 Å². The highest BCUT2D eigenvalue weighted by Gasteiger charge is 2.32. The van der Waals surface area contributed by atoms with Crippen LogP contribution in [0.3, 0.4) is 0 Å². The summed E-state index contributed by atoms with van der Waals surface area (Å²) in [6.45, 7) is 5.56. The number of rotatable bonds is 4. The maximum atomic E-state index is 13.9. The molecule has 27 heavy (non-hydrogen) atoms. The Morgan fingerprint density at radius 2 is 1.85 bits per heavy atom. The van der Waals surface area contributed by atoms with Gasteiger partial charge in [-0.15, -0.1) is 0 Å². The van der Waals surface area contributed by atoms with Crippen molar-refractivity contribution in [2.75, 3.05) is 0 Å². The Kier molecular flexibility index (Phi) is 5.77. The third-order valence-electron chi connectivity index (χ3n) is 3.69. The van der Waals surface area contributed by atoms with Crippen LogP contribution in [0.4, 0.5) is 17.6 Å². The first-order valence-electron chi connectivity index (χ1n) is 8.18. The molecule has 0 aliphatic rings. The van der Waals surface area contributed by atoms with E-state index in [0.717, 1.165) is 30.5 Å². The molecule has 0 spiro atoms. The molecule has 0 aliphatic carbocycles. The summed E-state index contributed by atoms with van der Waals surface area (Å²) < 4.78 is 51.8. The van der Waals surface area contributed by atoms with Crippen molar-refractivity contribution in [3.8, 4) is 16.9 Å². The molecule has 1 aromatic heterocycles. The number of aromatic hydroxyl groups is 1. The van der Waals surface area contributed by atoms with E-state index in [9.17, 15) is 27.5 Å². The molecule has 0 unspecified atom stereocenters. The number of phenolic OH excluding ortho intramolecular Hbond substituents is 1. The van der Waals surface area contributed by atoms with Crippen molar-refractivity contribution in [1.82, 2.24) is 10.3 Å². The monoisotopic (exact) mass is 384 g/mol. The molecule has 1 aromatic carbocycles. The number of hydrogen-bond donors (Lipinski definition) is 2. The second-order valence-corrected chi connectivity index (χ2v) is 7.41. The second kappa shape index (κ2) is 7.54. The van der Waals surface area contributed by atoms with Crippen LogP contribution in [0.5, 0.6) is 5.75 Å². The summed E-state index contributed by atoms with van der Waals surface area (Å²) >= 11 is 0. The maximum Gasteiger partial charge on any atom is 0.433 e. The van der Waals surface area contributed by atoms with Crippen molar-refractivity contribution < 1.29 is 27.5 Å². The number of hydrogen-bond acceptors (Lipinski definition) is 3. The number of alkyl halides is 3. The molecule has 146 valence electrons. The van der Waals surface area contributed by atoms with E-state index in [2.05, 4.69) is 10.3 Å². The zero-order valence-electron chi connectivity index (χ0n) is 15.1. The minimum absolute atomic E-state index is 0.00343. The molecule has 0 fully saturated rings. The van der Waals surface area contributed by atoms with Crippen LogP contribution >= 0.6 is 0 Å². The molecule has 8 heteroatoms.